The molecule has 0 atom stereocenters. The predicted molar refractivity (Wildman–Crippen MR) is 98.6 cm³/mol. The maximum absolute atomic E-state index is 12.2. The van der Waals surface area contributed by atoms with Gasteiger partial charge in [0.1, 0.15) is 11.6 Å². The maximum atomic E-state index is 12.2. The SMILES string of the molecule is CC(=O)c1ccc(NC(=O)/C(C#N)=C\Nc2cc(Cl)ccc2C)cc1. The molecule has 6 heteroatoms. The summed E-state index contributed by atoms with van der Waals surface area (Å²) in [4.78, 5) is 23.4. The summed E-state index contributed by atoms with van der Waals surface area (Å²) in [7, 11) is 0. The smallest absolute Gasteiger partial charge is 0.267 e. The van der Waals surface area contributed by atoms with Gasteiger partial charge in [-0.1, -0.05) is 17.7 Å². The van der Waals surface area contributed by atoms with Gasteiger partial charge in [-0.15, -0.1) is 0 Å². The zero-order valence-electron chi connectivity index (χ0n) is 13.8. The van der Waals surface area contributed by atoms with E-state index in [4.69, 9.17) is 11.6 Å². The van der Waals surface area contributed by atoms with Crippen LogP contribution in [0.15, 0.2) is 54.2 Å². The van der Waals surface area contributed by atoms with E-state index in [-0.39, 0.29) is 11.4 Å². The molecule has 2 rings (SSSR count). The van der Waals surface area contributed by atoms with Crippen LogP contribution in [0.1, 0.15) is 22.8 Å². The van der Waals surface area contributed by atoms with Gasteiger partial charge in [-0.2, -0.15) is 5.26 Å². The lowest BCUT2D eigenvalue weighted by Gasteiger charge is -2.08. The third-order valence-corrected chi connectivity index (χ3v) is 3.72. The molecule has 0 bridgehead atoms. The van der Waals surface area contributed by atoms with Gasteiger partial charge in [0.25, 0.3) is 5.91 Å². The zero-order valence-corrected chi connectivity index (χ0v) is 14.5. The van der Waals surface area contributed by atoms with Crippen LogP contribution in [0.25, 0.3) is 0 Å². The lowest BCUT2D eigenvalue weighted by atomic mass is 10.1. The van der Waals surface area contributed by atoms with Gasteiger partial charge in [0.05, 0.1) is 0 Å². The maximum Gasteiger partial charge on any atom is 0.267 e. The number of nitrogens with one attached hydrogen (secondary N) is 2. The number of amides is 1. The van der Waals surface area contributed by atoms with Crippen LogP contribution >= 0.6 is 11.6 Å². The Balaban J connectivity index is 2.11. The van der Waals surface area contributed by atoms with Gasteiger partial charge in [-0.3, -0.25) is 9.59 Å². The minimum absolute atomic E-state index is 0.0587. The number of carbonyl (C=O) groups excluding carboxylic acids is 2. The Morgan fingerprint density at radius 2 is 1.84 bits per heavy atom. The van der Waals surface area contributed by atoms with Crippen molar-refractivity contribution < 1.29 is 9.59 Å². The predicted octanol–water partition coefficient (Wildman–Crippen LogP) is 4.31. The van der Waals surface area contributed by atoms with Gasteiger partial charge in [0.2, 0.25) is 0 Å². The van der Waals surface area contributed by atoms with Gasteiger partial charge in [0.15, 0.2) is 5.78 Å². The van der Waals surface area contributed by atoms with Crippen molar-refractivity contribution in [3.05, 3.63) is 70.4 Å². The first-order valence-corrected chi connectivity index (χ1v) is 7.84. The van der Waals surface area contributed by atoms with E-state index >= 15 is 0 Å². The molecule has 0 unspecified atom stereocenters. The number of nitrogens with zero attached hydrogens (tertiary/aromatic N) is 1. The lowest BCUT2D eigenvalue weighted by Crippen LogP contribution is -2.14. The Morgan fingerprint density at radius 3 is 2.44 bits per heavy atom. The van der Waals surface area contributed by atoms with Crippen LogP contribution in [-0.4, -0.2) is 11.7 Å². The highest BCUT2D eigenvalue weighted by Gasteiger charge is 2.10. The average molecular weight is 354 g/mol. The highest BCUT2D eigenvalue weighted by Crippen LogP contribution is 2.20. The summed E-state index contributed by atoms with van der Waals surface area (Å²) in [5, 5.41) is 15.3. The Bertz CT molecular complexity index is 881. The fourth-order valence-electron chi connectivity index (χ4n) is 2.03. The van der Waals surface area contributed by atoms with Crippen molar-refractivity contribution in [2.75, 3.05) is 10.6 Å². The summed E-state index contributed by atoms with van der Waals surface area (Å²) < 4.78 is 0. The van der Waals surface area contributed by atoms with E-state index in [2.05, 4.69) is 10.6 Å². The monoisotopic (exact) mass is 353 g/mol. The van der Waals surface area contributed by atoms with E-state index < -0.39 is 5.91 Å². The second-order valence-corrected chi connectivity index (χ2v) is 5.80. The highest BCUT2D eigenvalue weighted by atomic mass is 35.5. The molecular formula is C19H16ClN3O2. The quantitative estimate of drug-likeness (QED) is 0.476. The summed E-state index contributed by atoms with van der Waals surface area (Å²) >= 11 is 5.94. The molecule has 2 aromatic rings. The van der Waals surface area contributed by atoms with Crippen molar-refractivity contribution in [3.8, 4) is 6.07 Å². The Hall–Kier alpha value is -3.10. The molecule has 0 saturated carbocycles. The summed E-state index contributed by atoms with van der Waals surface area (Å²) in [6.07, 6.45) is 1.33. The molecule has 0 saturated heterocycles. The number of carbonyl (C=O) groups is 2. The molecule has 0 aliphatic carbocycles. The molecule has 0 spiro atoms. The molecule has 0 aromatic heterocycles. The van der Waals surface area contributed by atoms with Crippen molar-refractivity contribution in [1.82, 2.24) is 0 Å². The number of aryl methyl sites for hydroxylation is 1. The molecule has 0 aliphatic rings. The number of nitriles is 1. The first-order valence-electron chi connectivity index (χ1n) is 7.46. The number of anilines is 2. The third kappa shape index (κ3) is 4.93. The van der Waals surface area contributed by atoms with Crippen LogP contribution < -0.4 is 10.6 Å². The summed E-state index contributed by atoms with van der Waals surface area (Å²) in [6.45, 7) is 3.35. The Kier molecular flexibility index (Phi) is 5.93. The molecule has 0 radical (unpaired) electrons. The molecule has 25 heavy (non-hydrogen) atoms. The van der Waals surface area contributed by atoms with Gasteiger partial charge in [-0.25, -0.2) is 0 Å². The molecule has 1 amide bonds. The molecule has 0 fully saturated rings. The summed E-state index contributed by atoms with van der Waals surface area (Å²) in [5.74, 6) is -0.609. The molecule has 0 heterocycles. The minimum Gasteiger partial charge on any atom is -0.360 e. The number of benzene rings is 2. The van der Waals surface area contributed by atoms with Crippen LogP contribution in [0.2, 0.25) is 5.02 Å². The van der Waals surface area contributed by atoms with Crippen molar-refractivity contribution >= 4 is 34.7 Å². The standard InChI is InChI=1S/C19H16ClN3O2/c1-12-3-6-16(20)9-18(12)22-11-15(10-21)19(25)23-17-7-4-14(5-8-17)13(2)24/h3-9,11,22H,1-2H3,(H,23,25)/b15-11-. The number of rotatable bonds is 5. The topological polar surface area (TPSA) is 82.0 Å². The molecule has 2 N–H and O–H groups in total. The Labute approximate surface area is 150 Å². The van der Waals surface area contributed by atoms with Crippen molar-refractivity contribution in [2.45, 2.75) is 13.8 Å². The van der Waals surface area contributed by atoms with Crippen LogP contribution in [0.4, 0.5) is 11.4 Å². The van der Waals surface area contributed by atoms with Gasteiger partial charge in [0, 0.05) is 28.2 Å². The number of hydrogen-bond donors (Lipinski definition) is 2. The van der Waals surface area contributed by atoms with Crippen LogP contribution in [-0.2, 0) is 4.79 Å². The van der Waals surface area contributed by atoms with Crippen molar-refractivity contribution in [3.63, 3.8) is 0 Å². The normalized spacial score (nSPS) is 10.7. The van der Waals surface area contributed by atoms with Gasteiger partial charge in [-0.05, 0) is 55.8 Å². The van der Waals surface area contributed by atoms with E-state index in [9.17, 15) is 14.9 Å². The van der Waals surface area contributed by atoms with Gasteiger partial charge >= 0.3 is 0 Å². The van der Waals surface area contributed by atoms with E-state index in [1.165, 1.54) is 13.1 Å². The van der Waals surface area contributed by atoms with Crippen LogP contribution in [0.3, 0.4) is 0 Å². The van der Waals surface area contributed by atoms with Crippen molar-refractivity contribution in [2.24, 2.45) is 0 Å². The number of ketones is 1. The van der Waals surface area contributed by atoms with Crippen molar-refractivity contribution in [1.29, 1.82) is 5.26 Å². The molecule has 2 aromatic carbocycles. The van der Waals surface area contributed by atoms with Crippen LogP contribution in [0.5, 0.6) is 0 Å². The molecule has 5 nitrogen and oxygen atoms in total. The third-order valence-electron chi connectivity index (χ3n) is 3.49. The molecule has 126 valence electrons. The van der Waals surface area contributed by atoms with Crippen LogP contribution in [0, 0.1) is 18.3 Å². The van der Waals surface area contributed by atoms with Gasteiger partial charge < -0.3 is 10.6 Å². The van der Waals surface area contributed by atoms with E-state index in [0.29, 0.717) is 22.0 Å². The van der Waals surface area contributed by atoms with E-state index in [0.717, 1.165) is 5.56 Å². The van der Waals surface area contributed by atoms with E-state index in [1.807, 2.05) is 19.1 Å². The highest BCUT2D eigenvalue weighted by molar-refractivity contribution is 6.30. The fourth-order valence-corrected chi connectivity index (χ4v) is 2.21. The summed E-state index contributed by atoms with van der Waals surface area (Å²) in [6, 6.07) is 13.6. The second kappa shape index (κ2) is 8.13. The largest absolute Gasteiger partial charge is 0.360 e. The number of hydrogen-bond acceptors (Lipinski definition) is 4. The minimum atomic E-state index is -0.551. The second-order valence-electron chi connectivity index (χ2n) is 5.36. The average Bonchev–Trinajstić information content (AvgIpc) is 2.58. The summed E-state index contributed by atoms with van der Waals surface area (Å²) in [5.41, 5.74) is 2.59. The Morgan fingerprint density at radius 1 is 1.16 bits per heavy atom. The lowest BCUT2D eigenvalue weighted by molar-refractivity contribution is -0.112. The first-order chi connectivity index (χ1) is 11.9. The van der Waals surface area contributed by atoms with E-state index in [1.54, 1.807) is 36.4 Å². The fraction of sp³-hybridized carbons (Fsp3) is 0.105. The number of Topliss-reactive ketones (excluding diaryl/α,β-unsaturated/α-hetero) is 1. The molecule has 0 aliphatic heterocycles. The number of halogens is 1. The molecular weight excluding hydrogens is 338 g/mol. The zero-order chi connectivity index (χ0) is 18.4. The first kappa shape index (κ1) is 18.2.